The van der Waals surface area contributed by atoms with Gasteiger partial charge in [-0.3, -0.25) is 4.90 Å². The van der Waals surface area contributed by atoms with Gasteiger partial charge in [-0.15, -0.1) is 11.3 Å². The van der Waals surface area contributed by atoms with Crippen LogP contribution in [0.15, 0.2) is 5.38 Å². The fourth-order valence-electron chi connectivity index (χ4n) is 1.25. The minimum absolute atomic E-state index is 0.411. The number of aromatic nitrogens is 1. The molecule has 4 heteroatoms. The van der Waals surface area contributed by atoms with Gasteiger partial charge in [0.25, 0.3) is 0 Å². The lowest BCUT2D eigenvalue weighted by molar-refractivity contribution is 0.252. The van der Waals surface area contributed by atoms with Gasteiger partial charge in [0.15, 0.2) is 0 Å². The van der Waals surface area contributed by atoms with Gasteiger partial charge in [0.05, 0.1) is 10.7 Å². The first-order valence-corrected chi connectivity index (χ1v) is 6.27. The topological polar surface area (TPSA) is 42.2 Å². The minimum atomic E-state index is 0.411. The number of rotatable bonds is 5. The molecule has 1 rings (SSSR count). The first-order valence-electron chi connectivity index (χ1n) is 5.39. The van der Waals surface area contributed by atoms with Gasteiger partial charge < -0.3 is 5.73 Å². The van der Waals surface area contributed by atoms with E-state index in [1.54, 1.807) is 11.3 Å². The highest BCUT2D eigenvalue weighted by Crippen LogP contribution is 2.19. The summed E-state index contributed by atoms with van der Waals surface area (Å²) in [5.74, 6) is 0.529. The zero-order valence-corrected chi connectivity index (χ0v) is 10.8. The average molecular weight is 227 g/mol. The molecule has 1 unspecified atom stereocenters. The van der Waals surface area contributed by atoms with Crippen molar-refractivity contribution in [1.82, 2.24) is 9.88 Å². The van der Waals surface area contributed by atoms with Gasteiger partial charge in [-0.2, -0.15) is 0 Å². The Morgan fingerprint density at radius 1 is 1.47 bits per heavy atom. The largest absolute Gasteiger partial charge is 0.329 e. The summed E-state index contributed by atoms with van der Waals surface area (Å²) in [4.78, 5) is 6.84. The second kappa shape index (κ2) is 5.58. The van der Waals surface area contributed by atoms with Crippen LogP contribution in [0.1, 0.15) is 37.4 Å². The monoisotopic (exact) mass is 227 g/mol. The van der Waals surface area contributed by atoms with Crippen LogP contribution in [-0.4, -0.2) is 29.5 Å². The molecule has 3 nitrogen and oxygen atoms in total. The average Bonchev–Trinajstić information content (AvgIpc) is 2.65. The molecule has 0 aliphatic carbocycles. The number of likely N-dealkylation sites (N-methyl/N-ethyl adjacent to an activating group) is 1. The third kappa shape index (κ3) is 3.55. The Balaban J connectivity index is 2.57. The molecule has 86 valence electrons. The van der Waals surface area contributed by atoms with Crippen molar-refractivity contribution in [1.29, 1.82) is 0 Å². The summed E-state index contributed by atoms with van der Waals surface area (Å²) in [6, 6.07) is 0.411. The Labute approximate surface area is 96.3 Å². The standard InChI is InChI=1S/C11H21N3S/c1-8(2)11-13-10(7-15-11)6-14(4)9(3)5-12/h7-9H,5-6,12H2,1-4H3. The SMILES string of the molecule is CC(C)c1nc(CN(C)C(C)CN)cs1. The summed E-state index contributed by atoms with van der Waals surface area (Å²) in [6.07, 6.45) is 0. The minimum Gasteiger partial charge on any atom is -0.329 e. The highest BCUT2D eigenvalue weighted by molar-refractivity contribution is 7.09. The van der Waals surface area contributed by atoms with Gasteiger partial charge in [0.1, 0.15) is 0 Å². The molecular formula is C11H21N3S. The Morgan fingerprint density at radius 2 is 2.13 bits per heavy atom. The zero-order valence-electron chi connectivity index (χ0n) is 10.0. The fraction of sp³-hybridized carbons (Fsp3) is 0.727. The van der Waals surface area contributed by atoms with Crippen LogP contribution in [0.3, 0.4) is 0 Å². The molecule has 0 aliphatic heterocycles. The second-order valence-corrected chi connectivity index (χ2v) is 5.22. The molecule has 0 aromatic carbocycles. The molecule has 0 fully saturated rings. The lowest BCUT2D eigenvalue weighted by Gasteiger charge is -2.21. The summed E-state index contributed by atoms with van der Waals surface area (Å²) in [7, 11) is 2.09. The lowest BCUT2D eigenvalue weighted by atomic mass is 10.2. The van der Waals surface area contributed by atoms with Crippen molar-refractivity contribution >= 4 is 11.3 Å². The summed E-state index contributed by atoms with van der Waals surface area (Å²) in [5, 5.41) is 3.37. The molecule has 0 spiro atoms. The number of hydrogen-bond acceptors (Lipinski definition) is 4. The van der Waals surface area contributed by atoms with Crippen molar-refractivity contribution in [3.63, 3.8) is 0 Å². The molecule has 0 bridgehead atoms. The van der Waals surface area contributed by atoms with Crippen molar-refractivity contribution < 1.29 is 0 Å². The molecule has 1 aromatic rings. The molecule has 0 saturated heterocycles. The predicted octanol–water partition coefficient (Wildman–Crippen LogP) is 2.05. The molecule has 0 amide bonds. The van der Waals surface area contributed by atoms with Gasteiger partial charge in [0, 0.05) is 30.4 Å². The van der Waals surface area contributed by atoms with E-state index >= 15 is 0 Å². The molecule has 1 atom stereocenters. The molecule has 2 N–H and O–H groups in total. The van der Waals surface area contributed by atoms with Gasteiger partial charge >= 0.3 is 0 Å². The summed E-state index contributed by atoms with van der Waals surface area (Å²) >= 11 is 1.75. The van der Waals surface area contributed by atoms with Crippen LogP contribution in [0.2, 0.25) is 0 Å². The van der Waals surface area contributed by atoms with Gasteiger partial charge in [-0.05, 0) is 14.0 Å². The molecule has 0 saturated carbocycles. The maximum atomic E-state index is 5.62. The molecule has 1 aromatic heterocycles. The van der Waals surface area contributed by atoms with E-state index in [-0.39, 0.29) is 0 Å². The quantitative estimate of drug-likeness (QED) is 0.837. The van der Waals surface area contributed by atoms with E-state index in [1.807, 2.05) is 0 Å². The fourth-order valence-corrected chi connectivity index (χ4v) is 2.08. The number of hydrogen-bond donors (Lipinski definition) is 1. The van der Waals surface area contributed by atoms with E-state index < -0.39 is 0 Å². The van der Waals surface area contributed by atoms with Gasteiger partial charge in [0.2, 0.25) is 0 Å². The smallest absolute Gasteiger partial charge is 0.0954 e. The predicted molar refractivity (Wildman–Crippen MR) is 66.2 cm³/mol. The van der Waals surface area contributed by atoms with Crippen molar-refractivity contribution in [3.05, 3.63) is 16.1 Å². The van der Waals surface area contributed by atoms with Crippen LogP contribution in [0.5, 0.6) is 0 Å². The highest BCUT2D eigenvalue weighted by atomic mass is 32.1. The number of nitrogens with two attached hydrogens (primary N) is 1. The second-order valence-electron chi connectivity index (χ2n) is 4.33. The number of nitrogens with zero attached hydrogens (tertiary/aromatic N) is 2. The maximum absolute atomic E-state index is 5.62. The number of thiazole rings is 1. The van der Waals surface area contributed by atoms with Crippen LogP contribution in [0.25, 0.3) is 0 Å². The Kier molecular flexibility index (Phi) is 4.70. The highest BCUT2D eigenvalue weighted by Gasteiger charge is 2.11. The third-order valence-electron chi connectivity index (χ3n) is 2.57. The molecular weight excluding hydrogens is 206 g/mol. The lowest BCUT2D eigenvalue weighted by Crippen LogP contribution is -2.34. The molecule has 0 radical (unpaired) electrons. The summed E-state index contributed by atoms with van der Waals surface area (Å²) in [5.41, 5.74) is 6.78. The van der Waals surface area contributed by atoms with Gasteiger partial charge in [-0.1, -0.05) is 13.8 Å². The summed E-state index contributed by atoms with van der Waals surface area (Å²) < 4.78 is 0. The normalized spacial score (nSPS) is 13.8. The van der Waals surface area contributed by atoms with Crippen LogP contribution < -0.4 is 5.73 Å². The Morgan fingerprint density at radius 3 is 2.60 bits per heavy atom. The van der Waals surface area contributed by atoms with E-state index in [9.17, 15) is 0 Å². The first-order chi connectivity index (χ1) is 7.04. The first kappa shape index (κ1) is 12.6. The molecule has 0 aliphatic rings. The van der Waals surface area contributed by atoms with E-state index in [2.05, 4.69) is 43.1 Å². The van der Waals surface area contributed by atoms with Crippen molar-refractivity contribution in [2.75, 3.05) is 13.6 Å². The van der Waals surface area contributed by atoms with Crippen molar-refractivity contribution in [2.24, 2.45) is 5.73 Å². The van der Waals surface area contributed by atoms with Crippen LogP contribution >= 0.6 is 11.3 Å². The van der Waals surface area contributed by atoms with E-state index in [1.165, 1.54) is 5.01 Å². The third-order valence-corrected chi connectivity index (χ3v) is 3.76. The summed E-state index contributed by atoms with van der Waals surface area (Å²) in [6.45, 7) is 8.07. The van der Waals surface area contributed by atoms with Crippen LogP contribution in [0.4, 0.5) is 0 Å². The van der Waals surface area contributed by atoms with E-state index in [4.69, 9.17) is 5.73 Å². The van der Waals surface area contributed by atoms with Crippen molar-refractivity contribution in [2.45, 2.75) is 39.3 Å². The van der Waals surface area contributed by atoms with E-state index in [0.29, 0.717) is 18.5 Å². The van der Waals surface area contributed by atoms with Crippen LogP contribution in [-0.2, 0) is 6.54 Å². The van der Waals surface area contributed by atoms with E-state index in [0.717, 1.165) is 12.2 Å². The Hall–Kier alpha value is -0.450. The van der Waals surface area contributed by atoms with Crippen molar-refractivity contribution in [3.8, 4) is 0 Å². The van der Waals surface area contributed by atoms with Crippen LogP contribution in [0, 0.1) is 0 Å². The molecule has 1 heterocycles. The Bertz CT molecular complexity index is 296. The molecule has 15 heavy (non-hydrogen) atoms. The van der Waals surface area contributed by atoms with Gasteiger partial charge in [-0.25, -0.2) is 4.98 Å². The zero-order chi connectivity index (χ0) is 11.4. The maximum Gasteiger partial charge on any atom is 0.0954 e.